The first-order valence-electron chi connectivity index (χ1n) is 16.6. The van der Waals surface area contributed by atoms with E-state index < -0.39 is 0 Å². The lowest BCUT2D eigenvalue weighted by atomic mass is 9.84. The lowest BCUT2D eigenvalue weighted by molar-refractivity contribution is 0.619. The number of fused-ring (bicyclic) bond motifs is 10. The van der Waals surface area contributed by atoms with E-state index >= 15 is 0 Å². The van der Waals surface area contributed by atoms with E-state index in [0.717, 1.165) is 49.6 Å². The molecule has 0 N–H and O–H groups in total. The van der Waals surface area contributed by atoms with Gasteiger partial charge in [0.15, 0.2) is 0 Å². The number of hydrogen-bond acceptors (Lipinski definition) is 3. The average Bonchev–Trinajstić information content (AvgIpc) is 3.87. The molecule has 2 nitrogen and oxygen atoms in total. The molecular formula is C46H26O2S. The highest BCUT2D eigenvalue weighted by Gasteiger charge is 2.23. The summed E-state index contributed by atoms with van der Waals surface area (Å²) in [5.74, 6) is 0. The summed E-state index contributed by atoms with van der Waals surface area (Å²) in [6.45, 7) is 0. The van der Waals surface area contributed by atoms with Crippen LogP contribution in [0.5, 0.6) is 0 Å². The topological polar surface area (TPSA) is 26.3 Å². The fraction of sp³-hybridized carbons (Fsp3) is 0. The van der Waals surface area contributed by atoms with Gasteiger partial charge in [-0.1, -0.05) is 121 Å². The third kappa shape index (κ3) is 3.76. The Morgan fingerprint density at radius 2 is 0.939 bits per heavy atom. The number of rotatable bonds is 3. The summed E-state index contributed by atoms with van der Waals surface area (Å²) in [6, 6.07) is 54.5. The summed E-state index contributed by atoms with van der Waals surface area (Å²) >= 11 is 1.87. The molecule has 0 fully saturated rings. The van der Waals surface area contributed by atoms with Crippen LogP contribution in [-0.4, -0.2) is 0 Å². The van der Waals surface area contributed by atoms with Crippen LogP contribution in [0.3, 0.4) is 0 Å². The molecule has 8 aromatic carbocycles. The van der Waals surface area contributed by atoms with E-state index in [9.17, 15) is 0 Å². The largest absolute Gasteiger partial charge is 0.463 e. The first kappa shape index (κ1) is 26.9. The SMILES string of the molecule is c1ccc(-c2coc3c2ccc2oc4cccc(-c5c6ccccc6c(-c6cccc7sc8ccccc8c67)c6ccccc56)c4c23)cc1. The minimum Gasteiger partial charge on any atom is -0.463 e. The lowest BCUT2D eigenvalue weighted by Gasteiger charge is -2.19. The minimum absolute atomic E-state index is 0.824. The van der Waals surface area contributed by atoms with Crippen molar-refractivity contribution in [3.63, 3.8) is 0 Å². The van der Waals surface area contributed by atoms with Gasteiger partial charge < -0.3 is 8.83 Å². The number of thiophene rings is 1. The van der Waals surface area contributed by atoms with Gasteiger partial charge in [0.1, 0.15) is 16.7 Å². The van der Waals surface area contributed by atoms with Crippen molar-refractivity contribution in [2.24, 2.45) is 0 Å². The highest BCUT2D eigenvalue weighted by atomic mass is 32.1. The molecule has 0 aliphatic carbocycles. The van der Waals surface area contributed by atoms with E-state index in [1.807, 2.05) is 23.7 Å². The zero-order valence-electron chi connectivity index (χ0n) is 26.2. The molecule has 0 atom stereocenters. The Bertz CT molecular complexity index is 3050. The Labute approximate surface area is 285 Å². The standard InChI is InChI=1S/C46H26O2S/c1-2-12-27(13-3-1)36-26-47-46-32(36)24-25-38-45(46)44-35(19-10-21-37(44)48-38)42-30-16-6-4-14-28(30)41(29-15-5-7-17-31(29)42)34-20-11-23-40-43(34)33-18-8-9-22-39(33)49-40/h1-26H. The number of hydrogen-bond donors (Lipinski definition) is 0. The Kier molecular flexibility index (Phi) is 5.57. The maximum absolute atomic E-state index is 6.58. The summed E-state index contributed by atoms with van der Waals surface area (Å²) < 4.78 is 15.6. The molecular weight excluding hydrogens is 617 g/mol. The van der Waals surface area contributed by atoms with Gasteiger partial charge in [-0.3, -0.25) is 0 Å². The molecule has 0 unspecified atom stereocenters. The zero-order valence-corrected chi connectivity index (χ0v) is 27.1. The van der Waals surface area contributed by atoms with Crippen LogP contribution in [0.2, 0.25) is 0 Å². The van der Waals surface area contributed by atoms with Gasteiger partial charge in [-0.25, -0.2) is 0 Å². The smallest absolute Gasteiger partial charge is 0.146 e. The molecule has 0 saturated carbocycles. The molecule has 3 heteroatoms. The van der Waals surface area contributed by atoms with Gasteiger partial charge in [-0.15, -0.1) is 11.3 Å². The van der Waals surface area contributed by atoms with Crippen LogP contribution in [0.25, 0.3) is 108 Å². The Balaban J connectivity index is 1.27. The van der Waals surface area contributed by atoms with Crippen molar-refractivity contribution in [2.75, 3.05) is 0 Å². The van der Waals surface area contributed by atoms with Crippen molar-refractivity contribution in [1.82, 2.24) is 0 Å². The normalized spacial score (nSPS) is 12.1. The van der Waals surface area contributed by atoms with Crippen LogP contribution in [0.15, 0.2) is 167 Å². The molecule has 3 heterocycles. The third-order valence-electron chi connectivity index (χ3n) is 10.2. The molecule has 0 aliphatic heterocycles. The van der Waals surface area contributed by atoms with Crippen molar-refractivity contribution in [3.05, 3.63) is 158 Å². The lowest BCUT2D eigenvalue weighted by Crippen LogP contribution is -1.91. The summed E-state index contributed by atoms with van der Waals surface area (Å²) in [6.07, 6.45) is 1.88. The molecule has 228 valence electrons. The molecule has 11 aromatic rings. The quantitative estimate of drug-likeness (QED) is 0.179. The fourth-order valence-electron chi connectivity index (χ4n) is 8.14. The van der Waals surface area contributed by atoms with Gasteiger partial charge in [0.25, 0.3) is 0 Å². The summed E-state index contributed by atoms with van der Waals surface area (Å²) in [5.41, 5.74) is 9.63. The van der Waals surface area contributed by atoms with E-state index in [1.54, 1.807) is 0 Å². The second-order valence-electron chi connectivity index (χ2n) is 12.7. The van der Waals surface area contributed by atoms with Crippen LogP contribution in [0.4, 0.5) is 0 Å². The van der Waals surface area contributed by atoms with Gasteiger partial charge in [0.05, 0.1) is 11.6 Å². The van der Waals surface area contributed by atoms with E-state index in [-0.39, 0.29) is 0 Å². The first-order valence-corrected chi connectivity index (χ1v) is 17.4. The summed E-state index contributed by atoms with van der Waals surface area (Å²) in [7, 11) is 0. The average molecular weight is 643 g/mol. The van der Waals surface area contributed by atoms with Crippen molar-refractivity contribution in [3.8, 4) is 33.4 Å². The molecule has 0 aliphatic rings. The third-order valence-corrected chi connectivity index (χ3v) is 11.3. The van der Waals surface area contributed by atoms with Crippen LogP contribution in [0.1, 0.15) is 0 Å². The first-order chi connectivity index (χ1) is 24.3. The van der Waals surface area contributed by atoms with Crippen LogP contribution < -0.4 is 0 Å². The molecule has 0 saturated heterocycles. The molecule has 3 aromatic heterocycles. The number of furan rings is 2. The molecule has 0 amide bonds. The van der Waals surface area contributed by atoms with Gasteiger partial charge in [0.2, 0.25) is 0 Å². The monoisotopic (exact) mass is 642 g/mol. The van der Waals surface area contributed by atoms with Gasteiger partial charge in [-0.2, -0.15) is 0 Å². The second-order valence-corrected chi connectivity index (χ2v) is 13.8. The van der Waals surface area contributed by atoms with Gasteiger partial charge >= 0.3 is 0 Å². The summed E-state index contributed by atoms with van der Waals surface area (Å²) in [4.78, 5) is 0. The predicted octanol–water partition coefficient (Wildman–Crippen LogP) is 14.0. The van der Waals surface area contributed by atoms with Crippen LogP contribution in [-0.2, 0) is 0 Å². The Morgan fingerprint density at radius 3 is 1.65 bits per heavy atom. The molecule has 49 heavy (non-hydrogen) atoms. The highest BCUT2D eigenvalue weighted by Crippen LogP contribution is 2.50. The van der Waals surface area contributed by atoms with Crippen LogP contribution in [0, 0.1) is 0 Å². The Hall–Kier alpha value is -6.16. The van der Waals surface area contributed by atoms with E-state index in [1.165, 1.54) is 58.4 Å². The van der Waals surface area contributed by atoms with E-state index in [0.29, 0.717) is 0 Å². The molecule has 0 bridgehead atoms. The second kappa shape index (κ2) is 10.2. The molecule has 0 radical (unpaired) electrons. The van der Waals surface area contributed by atoms with Crippen molar-refractivity contribution in [2.45, 2.75) is 0 Å². The van der Waals surface area contributed by atoms with Crippen molar-refractivity contribution >= 4 is 86.0 Å². The van der Waals surface area contributed by atoms with E-state index in [2.05, 4.69) is 146 Å². The predicted molar refractivity (Wildman–Crippen MR) is 208 cm³/mol. The summed E-state index contributed by atoms with van der Waals surface area (Å²) in [5, 5.41) is 10.7. The van der Waals surface area contributed by atoms with Crippen molar-refractivity contribution in [1.29, 1.82) is 0 Å². The maximum atomic E-state index is 6.58. The van der Waals surface area contributed by atoms with Crippen LogP contribution >= 0.6 is 11.3 Å². The van der Waals surface area contributed by atoms with Gasteiger partial charge in [-0.05, 0) is 79.7 Å². The number of benzene rings is 8. The minimum atomic E-state index is 0.824. The van der Waals surface area contributed by atoms with Gasteiger partial charge in [0, 0.05) is 36.5 Å². The van der Waals surface area contributed by atoms with E-state index in [4.69, 9.17) is 8.83 Å². The Morgan fingerprint density at radius 1 is 0.367 bits per heavy atom. The fourth-order valence-corrected chi connectivity index (χ4v) is 9.27. The highest BCUT2D eigenvalue weighted by molar-refractivity contribution is 7.25. The maximum Gasteiger partial charge on any atom is 0.146 e. The zero-order chi connectivity index (χ0) is 32.1. The molecule has 0 spiro atoms. The van der Waals surface area contributed by atoms with Crippen molar-refractivity contribution < 1.29 is 8.83 Å². The molecule has 11 rings (SSSR count).